The van der Waals surface area contributed by atoms with Gasteiger partial charge in [-0.1, -0.05) is 23.5 Å². The van der Waals surface area contributed by atoms with Crippen LogP contribution in [0.4, 0.5) is 18.9 Å². The minimum atomic E-state index is -4.23. The molecule has 0 atom stereocenters. The van der Waals surface area contributed by atoms with Gasteiger partial charge in [0, 0.05) is 28.8 Å². The molecule has 4 aromatic rings. The van der Waals surface area contributed by atoms with Crippen molar-refractivity contribution in [2.75, 3.05) is 12.4 Å². The lowest BCUT2D eigenvalue weighted by molar-refractivity contribution is 0.371. The van der Waals surface area contributed by atoms with Crippen LogP contribution >= 0.6 is 11.3 Å². The third-order valence-corrected chi connectivity index (χ3v) is 7.12. The number of nitrogens with two attached hydrogens (primary N) is 1. The van der Waals surface area contributed by atoms with E-state index in [1.54, 1.807) is 18.2 Å². The number of sulfonamides is 1. The molecule has 2 aromatic heterocycles. The summed E-state index contributed by atoms with van der Waals surface area (Å²) < 4.78 is 71.3. The van der Waals surface area contributed by atoms with Gasteiger partial charge < -0.3 is 15.2 Å². The van der Waals surface area contributed by atoms with Gasteiger partial charge in [0.05, 0.1) is 19.0 Å². The van der Waals surface area contributed by atoms with Gasteiger partial charge in [-0.2, -0.15) is 4.39 Å². The molecule has 8 nitrogen and oxygen atoms in total. The molecule has 0 bridgehead atoms. The molecule has 0 aliphatic rings. The predicted octanol–water partition coefficient (Wildman–Crippen LogP) is 4.57. The standard InChI is InChI=1S/C23H19F3N4O4S2/c1-11-18(22-30-19(21(26)35-22)12-6-7-14(24)15(25)8-12)16(10-29-23(11)36(27,32)33)28-9-13-4-3-5-17(34-2)20(13)31/h3-8,10,28,31H,9H2,1-2H3,(H2,27,32,33). The molecule has 0 aliphatic carbocycles. The Morgan fingerprint density at radius 1 is 1.17 bits per heavy atom. The summed E-state index contributed by atoms with van der Waals surface area (Å²) in [7, 11) is -2.83. The van der Waals surface area contributed by atoms with E-state index in [2.05, 4.69) is 15.3 Å². The van der Waals surface area contributed by atoms with Gasteiger partial charge in [0.1, 0.15) is 10.7 Å². The SMILES string of the molecule is COc1cccc(CNc2cnc(S(N)(=O)=O)c(C)c2-c2nc(-c3ccc(F)c(F)c3)c(F)s2)c1O. The highest BCUT2D eigenvalue weighted by Crippen LogP contribution is 2.40. The monoisotopic (exact) mass is 536 g/mol. The number of hydrogen-bond acceptors (Lipinski definition) is 8. The second kappa shape index (κ2) is 9.76. The zero-order valence-electron chi connectivity index (χ0n) is 18.8. The molecule has 0 saturated carbocycles. The van der Waals surface area contributed by atoms with Crippen molar-refractivity contribution in [1.82, 2.24) is 9.97 Å². The third-order valence-electron chi connectivity index (χ3n) is 5.31. The van der Waals surface area contributed by atoms with Crippen molar-refractivity contribution >= 4 is 27.0 Å². The Kier molecular flexibility index (Phi) is 6.89. The Morgan fingerprint density at radius 3 is 2.58 bits per heavy atom. The number of ether oxygens (including phenoxy) is 1. The van der Waals surface area contributed by atoms with Crippen LogP contribution in [0.2, 0.25) is 0 Å². The molecule has 0 fully saturated rings. The number of anilines is 1. The van der Waals surface area contributed by atoms with Crippen LogP contribution in [0.1, 0.15) is 11.1 Å². The number of pyridine rings is 1. The van der Waals surface area contributed by atoms with E-state index in [9.17, 15) is 26.7 Å². The van der Waals surface area contributed by atoms with Crippen molar-refractivity contribution in [3.05, 3.63) is 70.5 Å². The van der Waals surface area contributed by atoms with E-state index in [0.29, 0.717) is 16.9 Å². The van der Waals surface area contributed by atoms with Crippen LogP contribution < -0.4 is 15.2 Å². The van der Waals surface area contributed by atoms with Crippen molar-refractivity contribution < 1.29 is 31.4 Å². The van der Waals surface area contributed by atoms with Gasteiger partial charge in [0.15, 0.2) is 28.2 Å². The molecule has 4 rings (SSSR count). The van der Waals surface area contributed by atoms with Crippen LogP contribution in [-0.4, -0.2) is 30.6 Å². The molecule has 0 aliphatic heterocycles. The number of thiazole rings is 1. The van der Waals surface area contributed by atoms with E-state index in [1.807, 2.05) is 0 Å². The molecule has 0 amide bonds. The van der Waals surface area contributed by atoms with Crippen LogP contribution in [0, 0.1) is 23.7 Å². The van der Waals surface area contributed by atoms with E-state index in [-0.39, 0.29) is 51.1 Å². The number of hydrogen-bond donors (Lipinski definition) is 3. The number of phenols is 1. The number of primary sulfonamides is 1. The number of aromatic hydroxyl groups is 1. The summed E-state index contributed by atoms with van der Waals surface area (Å²) in [5, 5.41) is 17.5. The summed E-state index contributed by atoms with van der Waals surface area (Å²) in [6.45, 7) is 1.50. The van der Waals surface area contributed by atoms with E-state index >= 15 is 0 Å². The summed E-state index contributed by atoms with van der Waals surface area (Å²) >= 11 is 0.584. The van der Waals surface area contributed by atoms with Gasteiger partial charge in [-0.3, -0.25) is 0 Å². The topological polar surface area (TPSA) is 127 Å². The lowest BCUT2D eigenvalue weighted by Crippen LogP contribution is -2.17. The number of phenolic OH excluding ortho intramolecular Hbond substituents is 1. The number of benzene rings is 2. The third kappa shape index (κ3) is 4.85. The minimum absolute atomic E-state index is 0.00286. The lowest BCUT2D eigenvalue weighted by Gasteiger charge is -2.16. The fraction of sp³-hybridized carbons (Fsp3) is 0.130. The van der Waals surface area contributed by atoms with Crippen LogP contribution in [0.3, 0.4) is 0 Å². The molecule has 0 radical (unpaired) electrons. The maximum atomic E-state index is 14.9. The van der Waals surface area contributed by atoms with Crippen molar-refractivity contribution in [3.63, 3.8) is 0 Å². The lowest BCUT2D eigenvalue weighted by atomic mass is 10.1. The summed E-state index contributed by atoms with van der Waals surface area (Å²) in [5.74, 6) is -2.10. The second-order valence-corrected chi connectivity index (χ2v) is 10.0. The van der Waals surface area contributed by atoms with E-state index < -0.39 is 31.8 Å². The maximum Gasteiger partial charge on any atom is 0.255 e. The first kappa shape index (κ1) is 25.4. The molecule has 2 heterocycles. The Morgan fingerprint density at radius 2 is 1.92 bits per heavy atom. The van der Waals surface area contributed by atoms with Gasteiger partial charge >= 0.3 is 0 Å². The van der Waals surface area contributed by atoms with E-state index in [0.717, 1.165) is 12.1 Å². The van der Waals surface area contributed by atoms with Gasteiger partial charge in [-0.15, -0.1) is 0 Å². The van der Waals surface area contributed by atoms with Crippen molar-refractivity contribution in [2.24, 2.45) is 5.14 Å². The molecule has 13 heteroatoms. The first-order valence-electron chi connectivity index (χ1n) is 10.2. The van der Waals surface area contributed by atoms with E-state index in [1.165, 1.54) is 26.3 Å². The van der Waals surface area contributed by atoms with Gasteiger partial charge in [0.25, 0.3) is 10.0 Å². The molecule has 2 aromatic carbocycles. The maximum absolute atomic E-state index is 14.9. The molecule has 0 spiro atoms. The highest BCUT2D eigenvalue weighted by atomic mass is 32.2. The zero-order valence-corrected chi connectivity index (χ0v) is 20.5. The van der Waals surface area contributed by atoms with Gasteiger partial charge in [0.2, 0.25) is 5.13 Å². The van der Waals surface area contributed by atoms with Gasteiger partial charge in [-0.05, 0) is 31.2 Å². The van der Waals surface area contributed by atoms with Crippen molar-refractivity contribution in [3.8, 4) is 33.3 Å². The Labute approximate surface area is 208 Å². The molecule has 36 heavy (non-hydrogen) atoms. The number of rotatable bonds is 7. The first-order chi connectivity index (χ1) is 17.0. The minimum Gasteiger partial charge on any atom is -0.504 e. The fourth-order valence-corrected chi connectivity index (χ4v) is 5.25. The normalized spacial score (nSPS) is 11.5. The second-order valence-electron chi connectivity index (χ2n) is 7.61. The molecule has 0 saturated heterocycles. The Bertz CT molecular complexity index is 1580. The average molecular weight is 537 g/mol. The molecular formula is C23H19F3N4O4S2. The predicted molar refractivity (Wildman–Crippen MR) is 129 cm³/mol. The molecular weight excluding hydrogens is 517 g/mol. The number of para-hydroxylation sites is 1. The largest absolute Gasteiger partial charge is 0.504 e. The van der Waals surface area contributed by atoms with Crippen LogP contribution in [0.5, 0.6) is 11.5 Å². The van der Waals surface area contributed by atoms with Crippen molar-refractivity contribution in [1.29, 1.82) is 0 Å². The Balaban J connectivity index is 1.82. The molecule has 0 unspecified atom stereocenters. The van der Waals surface area contributed by atoms with Crippen LogP contribution in [0.25, 0.3) is 21.8 Å². The zero-order chi connectivity index (χ0) is 26.2. The highest BCUT2D eigenvalue weighted by molar-refractivity contribution is 7.89. The average Bonchev–Trinajstić information content (AvgIpc) is 3.20. The number of aromatic nitrogens is 2. The highest BCUT2D eigenvalue weighted by Gasteiger charge is 2.24. The quantitative estimate of drug-likeness (QED) is 0.316. The fourth-order valence-electron chi connectivity index (χ4n) is 3.59. The van der Waals surface area contributed by atoms with E-state index in [4.69, 9.17) is 9.88 Å². The van der Waals surface area contributed by atoms with Gasteiger partial charge in [-0.25, -0.2) is 32.3 Å². The van der Waals surface area contributed by atoms with Crippen LogP contribution in [-0.2, 0) is 16.6 Å². The number of nitrogens with zero attached hydrogens (tertiary/aromatic N) is 2. The number of halogens is 3. The molecule has 188 valence electrons. The van der Waals surface area contributed by atoms with Crippen LogP contribution in [0.15, 0.2) is 47.6 Å². The number of methoxy groups -OCH3 is 1. The van der Waals surface area contributed by atoms with Crippen molar-refractivity contribution in [2.45, 2.75) is 18.5 Å². The summed E-state index contributed by atoms with van der Waals surface area (Å²) in [6, 6.07) is 7.75. The Hall–Kier alpha value is -3.68. The smallest absolute Gasteiger partial charge is 0.255 e. The molecule has 4 N–H and O–H groups in total. The first-order valence-corrected chi connectivity index (χ1v) is 12.6. The summed E-state index contributed by atoms with van der Waals surface area (Å²) in [6.07, 6.45) is 1.20. The number of nitrogens with one attached hydrogen (secondary N) is 1. The summed E-state index contributed by atoms with van der Waals surface area (Å²) in [5.41, 5.74) is 0.785. The summed E-state index contributed by atoms with van der Waals surface area (Å²) in [4.78, 5) is 8.19.